The minimum absolute atomic E-state index is 0.0225. The molecule has 0 aromatic heterocycles. The maximum atomic E-state index is 12.9. The van der Waals surface area contributed by atoms with E-state index in [4.69, 9.17) is 0 Å². The van der Waals surface area contributed by atoms with Gasteiger partial charge in [-0.05, 0) is 51.9 Å². The average Bonchev–Trinajstić information content (AvgIpc) is 2.92. The second kappa shape index (κ2) is 10.2. The topological polar surface area (TPSA) is 151 Å². The van der Waals surface area contributed by atoms with Gasteiger partial charge in [0, 0.05) is 11.6 Å². The van der Waals surface area contributed by atoms with Gasteiger partial charge < -0.3 is 5.11 Å². The van der Waals surface area contributed by atoms with Gasteiger partial charge in [-0.3, -0.25) is 20.3 Å². The maximum absolute atomic E-state index is 12.9. The van der Waals surface area contributed by atoms with Crippen molar-refractivity contribution in [2.45, 2.75) is 4.90 Å². The number of rotatable bonds is 8. The standard InChI is InChI=1S/C28H20N4O6S/c33-28(34)23-11-5-6-12-25(23)31-39(37,38)20-13-14-26(27(16-20)32(35)36)30-29-17-24-21-9-3-1-7-18(21)15-19-8-2-4-10-22(19)24/h1-17,30-31H,(H,33,34)/b29-17-. The fourth-order valence-electron chi connectivity index (χ4n) is 4.24. The Balaban J connectivity index is 1.47. The number of carboxylic acid groups (broad SMARTS) is 1. The number of nitrogens with one attached hydrogen (secondary N) is 2. The van der Waals surface area contributed by atoms with Crippen LogP contribution in [0.1, 0.15) is 15.9 Å². The van der Waals surface area contributed by atoms with E-state index in [1.807, 2.05) is 48.5 Å². The van der Waals surface area contributed by atoms with Crippen molar-refractivity contribution in [3.05, 3.63) is 118 Å². The summed E-state index contributed by atoms with van der Waals surface area (Å²) in [6.07, 6.45) is 1.57. The first-order valence-electron chi connectivity index (χ1n) is 11.6. The number of aromatic carboxylic acids is 1. The van der Waals surface area contributed by atoms with Crippen molar-refractivity contribution in [3.8, 4) is 0 Å². The van der Waals surface area contributed by atoms with Crippen molar-refractivity contribution in [3.63, 3.8) is 0 Å². The number of carbonyl (C=O) groups is 1. The van der Waals surface area contributed by atoms with Crippen LogP contribution < -0.4 is 10.1 Å². The maximum Gasteiger partial charge on any atom is 0.337 e. The predicted octanol–water partition coefficient (Wildman–Crippen LogP) is 5.85. The molecule has 0 spiro atoms. The first-order chi connectivity index (χ1) is 18.7. The second-order valence-electron chi connectivity index (χ2n) is 8.49. The molecule has 0 radical (unpaired) electrons. The van der Waals surface area contributed by atoms with Gasteiger partial charge in [-0.2, -0.15) is 5.10 Å². The first-order valence-corrected chi connectivity index (χ1v) is 13.1. The number of benzene rings is 5. The summed E-state index contributed by atoms with van der Waals surface area (Å²) < 4.78 is 28.1. The molecule has 0 saturated heterocycles. The molecule has 10 nitrogen and oxygen atoms in total. The molecule has 0 aliphatic rings. The number of hydrogen-bond donors (Lipinski definition) is 3. The Bertz CT molecular complexity index is 1850. The molecule has 5 rings (SSSR count). The Morgan fingerprint density at radius 3 is 2.10 bits per heavy atom. The van der Waals surface area contributed by atoms with Crippen LogP contribution in [-0.2, 0) is 10.0 Å². The number of fused-ring (bicyclic) bond motifs is 2. The Morgan fingerprint density at radius 2 is 1.46 bits per heavy atom. The Morgan fingerprint density at radius 1 is 0.846 bits per heavy atom. The van der Waals surface area contributed by atoms with Gasteiger partial charge in [-0.25, -0.2) is 13.2 Å². The number of hydrogen-bond acceptors (Lipinski definition) is 7. The minimum atomic E-state index is -4.34. The molecule has 0 fully saturated rings. The van der Waals surface area contributed by atoms with Crippen molar-refractivity contribution in [2.24, 2.45) is 5.10 Å². The van der Waals surface area contributed by atoms with E-state index in [-0.39, 0.29) is 16.9 Å². The number of sulfonamides is 1. The van der Waals surface area contributed by atoms with Gasteiger partial charge in [-0.15, -0.1) is 0 Å². The van der Waals surface area contributed by atoms with Gasteiger partial charge in [-0.1, -0.05) is 60.7 Å². The molecule has 3 N–H and O–H groups in total. The largest absolute Gasteiger partial charge is 0.478 e. The monoisotopic (exact) mass is 540 g/mol. The Hall–Kier alpha value is -5.29. The molecular weight excluding hydrogens is 520 g/mol. The number of anilines is 2. The molecule has 0 bridgehead atoms. The summed E-state index contributed by atoms with van der Waals surface area (Å²) in [6, 6.07) is 26.4. The van der Waals surface area contributed by atoms with E-state index in [9.17, 15) is 28.4 Å². The number of carboxylic acids is 1. The minimum Gasteiger partial charge on any atom is -0.478 e. The van der Waals surface area contributed by atoms with Crippen molar-refractivity contribution in [1.82, 2.24) is 0 Å². The lowest BCUT2D eigenvalue weighted by atomic mass is 9.97. The van der Waals surface area contributed by atoms with Gasteiger partial charge in [0.2, 0.25) is 0 Å². The van der Waals surface area contributed by atoms with Gasteiger partial charge in [0.15, 0.2) is 0 Å². The van der Waals surface area contributed by atoms with Crippen LogP contribution in [0.25, 0.3) is 21.5 Å². The van der Waals surface area contributed by atoms with E-state index < -0.39 is 31.5 Å². The Labute approximate surface area is 222 Å². The van der Waals surface area contributed by atoms with Gasteiger partial charge in [0.05, 0.1) is 27.3 Å². The number of para-hydroxylation sites is 1. The van der Waals surface area contributed by atoms with Crippen molar-refractivity contribution >= 4 is 60.8 Å². The highest BCUT2D eigenvalue weighted by atomic mass is 32.2. The summed E-state index contributed by atoms with van der Waals surface area (Å²) in [7, 11) is -4.34. The molecule has 0 atom stereocenters. The van der Waals surface area contributed by atoms with Gasteiger partial charge in [0.25, 0.3) is 15.7 Å². The molecule has 0 saturated carbocycles. The molecule has 5 aromatic carbocycles. The molecule has 0 unspecified atom stereocenters. The van der Waals surface area contributed by atoms with E-state index in [1.54, 1.807) is 6.21 Å². The summed E-state index contributed by atoms with van der Waals surface area (Å²) in [5.41, 5.74) is 2.51. The van der Waals surface area contributed by atoms with Gasteiger partial charge in [0.1, 0.15) is 5.69 Å². The third-order valence-corrected chi connectivity index (χ3v) is 7.43. The lowest BCUT2D eigenvalue weighted by Crippen LogP contribution is -2.16. The van der Waals surface area contributed by atoms with Crippen molar-refractivity contribution in [2.75, 3.05) is 10.1 Å². The summed E-state index contributed by atoms with van der Waals surface area (Å²) in [5.74, 6) is -1.32. The molecule has 0 aliphatic carbocycles. The van der Waals surface area contributed by atoms with Crippen LogP contribution in [0.5, 0.6) is 0 Å². The van der Waals surface area contributed by atoms with Crippen LogP contribution in [0.15, 0.2) is 107 Å². The summed E-state index contributed by atoms with van der Waals surface area (Å²) >= 11 is 0. The lowest BCUT2D eigenvalue weighted by molar-refractivity contribution is -0.384. The quantitative estimate of drug-likeness (QED) is 0.0967. The fraction of sp³-hybridized carbons (Fsp3) is 0. The second-order valence-corrected chi connectivity index (χ2v) is 10.2. The molecule has 194 valence electrons. The highest BCUT2D eigenvalue weighted by Crippen LogP contribution is 2.30. The average molecular weight is 541 g/mol. The molecule has 39 heavy (non-hydrogen) atoms. The molecule has 0 amide bonds. The van der Waals surface area contributed by atoms with Crippen molar-refractivity contribution in [1.29, 1.82) is 0 Å². The lowest BCUT2D eigenvalue weighted by Gasteiger charge is -2.11. The van der Waals surface area contributed by atoms with Crippen LogP contribution in [0, 0.1) is 10.1 Å². The van der Waals surface area contributed by atoms with Crippen LogP contribution in [0.2, 0.25) is 0 Å². The highest BCUT2D eigenvalue weighted by molar-refractivity contribution is 7.92. The highest BCUT2D eigenvalue weighted by Gasteiger charge is 2.23. The van der Waals surface area contributed by atoms with Crippen LogP contribution in [0.4, 0.5) is 17.1 Å². The third kappa shape index (κ3) is 5.11. The number of nitro benzene ring substituents is 1. The molecular formula is C28H20N4O6S. The normalized spacial score (nSPS) is 11.6. The molecule has 0 aliphatic heterocycles. The summed E-state index contributed by atoms with van der Waals surface area (Å²) in [4.78, 5) is 22.1. The van der Waals surface area contributed by atoms with E-state index in [1.165, 1.54) is 36.4 Å². The number of nitrogens with zero attached hydrogens (tertiary/aromatic N) is 2. The van der Waals surface area contributed by atoms with E-state index >= 15 is 0 Å². The van der Waals surface area contributed by atoms with Crippen LogP contribution >= 0.6 is 0 Å². The zero-order valence-corrected chi connectivity index (χ0v) is 20.9. The Kier molecular flexibility index (Phi) is 6.65. The van der Waals surface area contributed by atoms with E-state index in [2.05, 4.69) is 21.3 Å². The summed E-state index contributed by atoms with van der Waals surface area (Å²) in [6.45, 7) is 0. The van der Waals surface area contributed by atoms with Crippen LogP contribution in [-0.4, -0.2) is 30.6 Å². The SMILES string of the molecule is O=C(O)c1ccccc1NS(=O)(=O)c1ccc(N/N=C\c2c3ccccc3cc3ccccc23)c([N+](=O)[O-])c1. The predicted molar refractivity (Wildman–Crippen MR) is 150 cm³/mol. The van der Waals surface area contributed by atoms with Gasteiger partial charge >= 0.3 is 5.97 Å². The molecule has 5 aromatic rings. The first kappa shape index (κ1) is 25.4. The third-order valence-electron chi connectivity index (χ3n) is 6.07. The van der Waals surface area contributed by atoms with Crippen LogP contribution in [0.3, 0.4) is 0 Å². The zero-order chi connectivity index (χ0) is 27.6. The number of nitro groups is 1. The van der Waals surface area contributed by atoms with Crippen molar-refractivity contribution < 1.29 is 23.2 Å². The van der Waals surface area contributed by atoms with E-state index in [0.29, 0.717) is 0 Å². The smallest absolute Gasteiger partial charge is 0.337 e. The number of hydrazone groups is 1. The molecule has 0 heterocycles. The van der Waals surface area contributed by atoms with E-state index in [0.717, 1.165) is 33.2 Å². The molecule has 11 heteroatoms. The summed E-state index contributed by atoms with van der Waals surface area (Å²) in [5, 5.41) is 29.3. The zero-order valence-electron chi connectivity index (χ0n) is 20.1. The fourth-order valence-corrected chi connectivity index (χ4v) is 5.34.